The van der Waals surface area contributed by atoms with Gasteiger partial charge in [-0.2, -0.15) is 9.78 Å². The molecular formula is C21H16Cl2N4OS. The Morgan fingerprint density at radius 2 is 1.83 bits per heavy atom. The molecule has 29 heavy (non-hydrogen) atoms. The Morgan fingerprint density at radius 3 is 2.55 bits per heavy atom. The third-order valence-corrected chi connectivity index (χ3v) is 5.63. The van der Waals surface area contributed by atoms with Crippen LogP contribution in [-0.4, -0.2) is 20.7 Å². The van der Waals surface area contributed by atoms with Crippen LogP contribution < -0.4 is 5.32 Å². The molecule has 0 aliphatic heterocycles. The SMILES string of the molecule is Cc1ccc(-c2csc(-n3nc(C)cc3NC(=O)c3ccc(Cl)cc3Cl)n2)cc1. The highest BCUT2D eigenvalue weighted by molar-refractivity contribution is 7.12. The van der Waals surface area contributed by atoms with E-state index in [1.165, 1.54) is 23.0 Å². The number of halogens is 2. The van der Waals surface area contributed by atoms with Crippen molar-refractivity contribution in [1.29, 1.82) is 0 Å². The van der Waals surface area contributed by atoms with E-state index in [0.717, 1.165) is 17.0 Å². The zero-order valence-corrected chi connectivity index (χ0v) is 17.9. The van der Waals surface area contributed by atoms with Crippen LogP contribution in [0.4, 0.5) is 5.82 Å². The van der Waals surface area contributed by atoms with Gasteiger partial charge in [-0.1, -0.05) is 53.0 Å². The summed E-state index contributed by atoms with van der Waals surface area (Å²) < 4.78 is 1.62. The summed E-state index contributed by atoms with van der Waals surface area (Å²) in [7, 11) is 0. The molecule has 146 valence electrons. The quantitative estimate of drug-likeness (QED) is 0.410. The number of anilines is 1. The van der Waals surface area contributed by atoms with Gasteiger partial charge in [0.1, 0.15) is 5.82 Å². The lowest BCUT2D eigenvalue weighted by atomic mass is 10.1. The first-order valence-electron chi connectivity index (χ1n) is 8.77. The van der Waals surface area contributed by atoms with Crippen molar-refractivity contribution in [2.45, 2.75) is 13.8 Å². The van der Waals surface area contributed by atoms with Crippen LogP contribution in [0.25, 0.3) is 16.4 Å². The molecule has 2 aromatic carbocycles. The second-order valence-corrected chi connectivity index (χ2v) is 8.22. The van der Waals surface area contributed by atoms with Gasteiger partial charge in [0, 0.05) is 22.0 Å². The first-order valence-corrected chi connectivity index (χ1v) is 10.4. The van der Waals surface area contributed by atoms with Crippen LogP contribution in [-0.2, 0) is 0 Å². The maximum atomic E-state index is 12.7. The molecule has 2 aromatic heterocycles. The van der Waals surface area contributed by atoms with E-state index in [1.807, 2.05) is 43.5 Å². The maximum absolute atomic E-state index is 12.7. The molecule has 0 saturated carbocycles. The molecule has 0 atom stereocenters. The molecule has 8 heteroatoms. The van der Waals surface area contributed by atoms with Gasteiger partial charge >= 0.3 is 0 Å². The summed E-state index contributed by atoms with van der Waals surface area (Å²) in [4.78, 5) is 17.4. The number of thiazole rings is 1. The van der Waals surface area contributed by atoms with Gasteiger partial charge in [0.05, 0.1) is 22.0 Å². The van der Waals surface area contributed by atoms with Gasteiger partial charge in [-0.05, 0) is 32.0 Å². The number of hydrogen-bond donors (Lipinski definition) is 1. The highest BCUT2D eigenvalue weighted by Crippen LogP contribution is 2.27. The van der Waals surface area contributed by atoms with Crippen LogP contribution in [0.3, 0.4) is 0 Å². The van der Waals surface area contributed by atoms with E-state index in [4.69, 9.17) is 23.2 Å². The minimum absolute atomic E-state index is 0.286. The fourth-order valence-corrected chi connectivity index (χ4v) is 4.10. The second-order valence-electron chi connectivity index (χ2n) is 6.54. The Hall–Kier alpha value is -2.67. The largest absolute Gasteiger partial charge is 0.306 e. The maximum Gasteiger partial charge on any atom is 0.258 e. The number of aromatic nitrogens is 3. The van der Waals surface area contributed by atoms with Crippen LogP contribution in [0.15, 0.2) is 53.9 Å². The Balaban J connectivity index is 1.63. The molecule has 4 rings (SSSR count). The van der Waals surface area contributed by atoms with Crippen molar-refractivity contribution in [3.63, 3.8) is 0 Å². The number of hydrogen-bond acceptors (Lipinski definition) is 4. The number of carbonyl (C=O) groups excluding carboxylic acids is 1. The standard InChI is InChI=1S/C21H16Cl2N4OS/c1-12-3-5-14(6-4-12)18-11-29-21(24-18)27-19(9-13(2)26-27)25-20(28)16-8-7-15(22)10-17(16)23/h3-11H,1-2H3,(H,25,28). The van der Waals surface area contributed by atoms with Gasteiger partial charge in [-0.25, -0.2) is 4.98 Å². The zero-order valence-electron chi connectivity index (χ0n) is 15.6. The van der Waals surface area contributed by atoms with Gasteiger partial charge in [0.2, 0.25) is 5.13 Å². The number of amides is 1. The van der Waals surface area contributed by atoms with Crippen molar-refractivity contribution in [3.8, 4) is 16.4 Å². The van der Waals surface area contributed by atoms with Crippen LogP contribution in [0.1, 0.15) is 21.6 Å². The summed E-state index contributed by atoms with van der Waals surface area (Å²) in [5.41, 5.74) is 4.17. The number of rotatable bonds is 4. The van der Waals surface area contributed by atoms with E-state index in [2.05, 4.69) is 15.4 Å². The monoisotopic (exact) mass is 442 g/mol. The minimum atomic E-state index is -0.344. The van der Waals surface area contributed by atoms with Gasteiger partial charge in [-0.3, -0.25) is 4.79 Å². The molecule has 0 fully saturated rings. The number of carbonyl (C=O) groups is 1. The average molecular weight is 443 g/mol. The average Bonchev–Trinajstić information content (AvgIpc) is 3.29. The highest BCUT2D eigenvalue weighted by Gasteiger charge is 2.17. The lowest BCUT2D eigenvalue weighted by Gasteiger charge is -2.08. The van der Waals surface area contributed by atoms with E-state index in [-0.39, 0.29) is 10.9 Å². The van der Waals surface area contributed by atoms with Crippen molar-refractivity contribution >= 4 is 46.3 Å². The summed E-state index contributed by atoms with van der Waals surface area (Å²) in [6.45, 7) is 3.90. The minimum Gasteiger partial charge on any atom is -0.306 e. The van der Waals surface area contributed by atoms with E-state index in [0.29, 0.717) is 21.5 Å². The first-order chi connectivity index (χ1) is 13.9. The molecule has 0 aliphatic rings. The summed E-state index contributed by atoms with van der Waals surface area (Å²) in [6.07, 6.45) is 0. The lowest BCUT2D eigenvalue weighted by molar-refractivity contribution is 0.102. The molecule has 0 unspecified atom stereocenters. The van der Waals surface area contributed by atoms with Crippen molar-refractivity contribution < 1.29 is 4.79 Å². The van der Waals surface area contributed by atoms with Gasteiger partial charge in [0.15, 0.2) is 0 Å². The number of nitrogens with one attached hydrogen (secondary N) is 1. The third kappa shape index (κ3) is 4.19. The third-order valence-electron chi connectivity index (χ3n) is 4.27. The molecule has 0 aliphatic carbocycles. The van der Waals surface area contributed by atoms with Crippen molar-refractivity contribution in [3.05, 3.63) is 80.8 Å². The van der Waals surface area contributed by atoms with Crippen LogP contribution in [0.5, 0.6) is 0 Å². The zero-order chi connectivity index (χ0) is 20.5. The molecule has 4 aromatic rings. The number of nitrogens with zero attached hydrogens (tertiary/aromatic N) is 3. The van der Waals surface area contributed by atoms with E-state index >= 15 is 0 Å². The van der Waals surface area contributed by atoms with Gasteiger partial charge < -0.3 is 5.32 Å². The number of aryl methyl sites for hydroxylation is 2. The Morgan fingerprint density at radius 1 is 1.07 bits per heavy atom. The molecule has 5 nitrogen and oxygen atoms in total. The molecular weight excluding hydrogens is 427 g/mol. The predicted molar refractivity (Wildman–Crippen MR) is 119 cm³/mol. The van der Waals surface area contributed by atoms with Crippen LogP contribution in [0, 0.1) is 13.8 Å². The smallest absolute Gasteiger partial charge is 0.258 e. The van der Waals surface area contributed by atoms with Gasteiger partial charge in [0.25, 0.3) is 5.91 Å². The van der Waals surface area contributed by atoms with E-state index in [1.54, 1.807) is 22.9 Å². The summed E-state index contributed by atoms with van der Waals surface area (Å²) in [5.74, 6) is 0.173. The molecule has 0 bridgehead atoms. The summed E-state index contributed by atoms with van der Waals surface area (Å²) >= 11 is 13.5. The Labute approximate surface area is 181 Å². The molecule has 0 spiro atoms. The molecule has 2 heterocycles. The van der Waals surface area contributed by atoms with Gasteiger partial charge in [-0.15, -0.1) is 11.3 Å². The highest BCUT2D eigenvalue weighted by atomic mass is 35.5. The number of benzene rings is 2. The lowest BCUT2D eigenvalue weighted by Crippen LogP contribution is -2.15. The molecule has 1 N–H and O–H groups in total. The molecule has 0 saturated heterocycles. The Bertz CT molecular complexity index is 1200. The molecule has 1 amide bonds. The fourth-order valence-electron chi connectivity index (χ4n) is 2.81. The van der Waals surface area contributed by atoms with Crippen molar-refractivity contribution in [2.75, 3.05) is 5.32 Å². The van der Waals surface area contributed by atoms with Crippen LogP contribution in [0.2, 0.25) is 10.0 Å². The van der Waals surface area contributed by atoms with E-state index < -0.39 is 0 Å². The predicted octanol–water partition coefficient (Wildman–Crippen LogP) is 6.17. The topological polar surface area (TPSA) is 59.8 Å². The second kappa shape index (κ2) is 7.99. The molecule has 0 radical (unpaired) electrons. The first kappa shape index (κ1) is 19.6. The summed E-state index contributed by atoms with van der Waals surface area (Å²) in [6, 6.07) is 14.7. The van der Waals surface area contributed by atoms with Crippen molar-refractivity contribution in [2.24, 2.45) is 0 Å². The van der Waals surface area contributed by atoms with Crippen molar-refractivity contribution in [1.82, 2.24) is 14.8 Å². The van der Waals surface area contributed by atoms with E-state index in [9.17, 15) is 4.79 Å². The summed E-state index contributed by atoms with van der Waals surface area (Å²) in [5, 5.41) is 10.7. The fraction of sp³-hybridized carbons (Fsp3) is 0.0952. The Kier molecular flexibility index (Phi) is 5.41. The normalized spacial score (nSPS) is 10.9. The van der Waals surface area contributed by atoms with Crippen LogP contribution >= 0.6 is 34.5 Å².